The SMILES string of the molecule is COc1cc(/C=C(\C#N)C(=O)Nc2ccccc2[N+](=O)[O-])cc(Cl)c1OCc1ccc(Cl)cc1. The third-order valence-electron chi connectivity index (χ3n) is 4.57. The van der Waals surface area contributed by atoms with Gasteiger partial charge in [0, 0.05) is 11.1 Å². The van der Waals surface area contributed by atoms with Crippen molar-refractivity contribution in [2.75, 3.05) is 12.4 Å². The Hall–Kier alpha value is -4.06. The number of amides is 1. The third-order valence-corrected chi connectivity index (χ3v) is 5.11. The molecular weight excluding hydrogens is 481 g/mol. The number of nitrogens with one attached hydrogen (secondary N) is 1. The minimum atomic E-state index is -0.810. The van der Waals surface area contributed by atoms with E-state index in [1.54, 1.807) is 24.3 Å². The van der Waals surface area contributed by atoms with Crippen LogP contribution in [0.25, 0.3) is 6.08 Å². The normalized spacial score (nSPS) is 10.8. The molecule has 0 fully saturated rings. The highest BCUT2D eigenvalue weighted by Gasteiger charge is 2.18. The number of hydrogen-bond donors (Lipinski definition) is 1. The molecule has 0 spiro atoms. The Morgan fingerprint density at radius 2 is 1.88 bits per heavy atom. The minimum absolute atomic E-state index is 0.0276. The summed E-state index contributed by atoms with van der Waals surface area (Å²) in [6, 6.07) is 17.6. The van der Waals surface area contributed by atoms with Crippen molar-refractivity contribution in [1.82, 2.24) is 0 Å². The predicted octanol–water partition coefficient (Wildman–Crippen LogP) is 6.03. The minimum Gasteiger partial charge on any atom is -0.493 e. The molecule has 0 unspecified atom stereocenters. The maximum atomic E-state index is 12.6. The van der Waals surface area contributed by atoms with E-state index in [1.807, 2.05) is 12.1 Å². The largest absolute Gasteiger partial charge is 0.493 e. The van der Waals surface area contributed by atoms with Crippen LogP contribution in [0.3, 0.4) is 0 Å². The zero-order valence-electron chi connectivity index (χ0n) is 17.7. The summed E-state index contributed by atoms with van der Waals surface area (Å²) in [7, 11) is 1.43. The van der Waals surface area contributed by atoms with E-state index >= 15 is 0 Å². The molecule has 0 aliphatic rings. The number of nitro benzene ring substituents is 1. The molecular formula is C24H17Cl2N3O5. The second-order valence-electron chi connectivity index (χ2n) is 6.85. The molecule has 34 heavy (non-hydrogen) atoms. The number of nitrogens with zero attached hydrogens (tertiary/aromatic N) is 2. The highest BCUT2D eigenvalue weighted by Crippen LogP contribution is 2.37. The van der Waals surface area contributed by atoms with Gasteiger partial charge < -0.3 is 14.8 Å². The Bertz CT molecular complexity index is 1300. The number of ether oxygens (including phenoxy) is 2. The number of nitro groups is 1. The quantitative estimate of drug-likeness (QED) is 0.175. The Labute approximate surface area is 205 Å². The number of carbonyl (C=O) groups is 1. The number of rotatable bonds is 8. The molecule has 0 saturated heterocycles. The van der Waals surface area contributed by atoms with Crippen LogP contribution < -0.4 is 14.8 Å². The van der Waals surface area contributed by atoms with Crippen LogP contribution in [-0.2, 0) is 11.4 Å². The van der Waals surface area contributed by atoms with Crippen molar-refractivity contribution in [2.24, 2.45) is 0 Å². The van der Waals surface area contributed by atoms with E-state index in [1.165, 1.54) is 43.5 Å². The molecule has 0 aromatic heterocycles. The summed E-state index contributed by atoms with van der Waals surface area (Å²) in [5, 5.41) is 23.8. The lowest BCUT2D eigenvalue weighted by Crippen LogP contribution is -2.14. The van der Waals surface area contributed by atoms with Gasteiger partial charge in [-0.15, -0.1) is 0 Å². The summed E-state index contributed by atoms with van der Waals surface area (Å²) >= 11 is 12.3. The molecule has 1 amide bonds. The summed E-state index contributed by atoms with van der Waals surface area (Å²) in [4.78, 5) is 23.1. The molecule has 0 atom stereocenters. The highest BCUT2D eigenvalue weighted by molar-refractivity contribution is 6.32. The maximum Gasteiger partial charge on any atom is 0.292 e. The molecule has 3 rings (SSSR count). The first-order chi connectivity index (χ1) is 16.3. The van der Waals surface area contributed by atoms with Gasteiger partial charge in [-0.2, -0.15) is 5.26 Å². The lowest BCUT2D eigenvalue weighted by molar-refractivity contribution is -0.383. The number of para-hydroxylation sites is 2. The van der Waals surface area contributed by atoms with E-state index < -0.39 is 10.8 Å². The van der Waals surface area contributed by atoms with Crippen molar-refractivity contribution in [3.63, 3.8) is 0 Å². The van der Waals surface area contributed by atoms with Crippen molar-refractivity contribution < 1.29 is 19.2 Å². The number of nitriles is 1. The zero-order chi connectivity index (χ0) is 24.7. The van der Waals surface area contributed by atoms with Gasteiger partial charge in [0.2, 0.25) is 0 Å². The second kappa shape index (κ2) is 11.2. The molecule has 0 aliphatic heterocycles. The fourth-order valence-electron chi connectivity index (χ4n) is 2.94. The Morgan fingerprint density at radius 3 is 2.53 bits per heavy atom. The number of anilines is 1. The van der Waals surface area contributed by atoms with Crippen LogP contribution in [0.1, 0.15) is 11.1 Å². The van der Waals surface area contributed by atoms with Gasteiger partial charge in [-0.05, 0) is 47.5 Å². The van der Waals surface area contributed by atoms with E-state index in [0.29, 0.717) is 22.1 Å². The number of benzene rings is 3. The molecule has 8 nitrogen and oxygen atoms in total. The summed E-state index contributed by atoms with van der Waals surface area (Å²) in [5.41, 5.74) is 0.659. The Kier molecular flexibility index (Phi) is 8.09. The topological polar surface area (TPSA) is 114 Å². The first-order valence-electron chi connectivity index (χ1n) is 9.73. The van der Waals surface area contributed by atoms with Gasteiger partial charge in [-0.25, -0.2) is 0 Å². The molecule has 3 aromatic carbocycles. The van der Waals surface area contributed by atoms with E-state index in [-0.39, 0.29) is 28.6 Å². The number of methoxy groups -OCH3 is 1. The van der Waals surface area contributed by atoms with Crippen LogP contribution in [-0.4, -0.2) is 17.9 Å². The standard InChI is InChI=1S/C24H17Cl2N3O5/c1-33-22-12-16(11-19(26)23(22)34-14-15-6-8-18(25)9-7-15)10-17(13-27)24(30)28-20-4-2-3-5-21(20)29(31)32/h2-12H,14H2,1H3,(H,28,30)/b17-10+. The van der Waals surface area contributed by atoms with Gasteiger partial charge in [0.05, 0.1) is 17.1 Å². The molecule has 172 valence electrons. The van der Waals surface area contributed by atoms with E-state index in [9.17, 15) is 20.2 Å². The summed E-state index contributed by atoms with van der Waals surface area (Å²) in [6.45, 7) is 0.212. The summed E-state index contributed by atoms with van der Waals surface area (Å²) in [5.74, 6) is -0.224. The van der Waals surface area contributed by atoms with Crippen molar-refractivity contribution in [1.29, 1.82) is 5.26 Å². The van der Waals surface area contributed by atoms with E-state index in [4.69, 9.17) is 32.7 Å². The van der Waals surface area contributed by atoms with Crippen molar-refractivity contribution in [3.8, 4) is 17.6 Å². The maximum absolute atomic E-state index is 12.6. The fourth-order valence-corrected chi connectivity index (χ4v) is 3.34. The van der Waals surface area contributed by atoms with Gasteiger partial charge in [0.15, 0.2) is 11.5 Å². The number of hydrogen-bond acceptors (Lipinski definition) is 6. The lowest BCUT2D eigenvalue weighted by Gasteiger charge is -2.14. The average Bonchev–Trinajstić information content (AvgIpc) is 2.82. The molecule has 0 saturated carbocycles. The monoisotopic (exact) mass is 497 g/mol. The van der Waals surface area contributed by atoms with Crippen LogP contribution in [0.15, 0.2) is 66.2 Å². The van der Waals surface area contributed by atoms with Crippen LogP contribution in [0, 0.1) is 21.4 Å². The average molecular weight is 498 g/mol. The van der Waals surface area contributed by atoms with Crippen molar-refractivity contribution >= 4 is 46.6 Å². The summed E-state index contributed by atoms with van der Waals surface area (Å²) in [6.07, 6.45) is 1.29. The van der Waals surface area contributed by atoms with Gasteiger partial charge in [0.25, 0.3) is 11.6 Å². The Balaban J connectivity index is 1.84. The predicted molar refractivity (Wildman–Crippen MR) is 129 cm³/mol. The van der Waals surface area contributed by atoms with Crippen LogP contribution in [0.4, 0.5) is 11.4 Å². The third kappa shape index (κ3) is 6.04. The fraction of sp³-hybridized carbons (Fsp3) is 0.0833. The lowest BCUT2D eigenvalue weighted by atomic mass is 10.1. The molecule has 0 heterocycles. The van der Waals surface area contributed by atoms with Gasteiger partial charge in [0.1, 0.15) is 23.9 Å². The molecule has 3 aromatic rings. The Morgan fingerprint density at radius 1 is 1.18 bits per heavy atom. The first-order valence-corrected chi connectivity index (χ1v) is 10.5. The number of carbonyl (C=O) groups excluding carboxylic acids is 1. The van der Waals surface area contributed by atoms with Gasteiger partial charge in [-0.3, -0.25) is 14.9 Å². The smallest absolute Gasteiger partial charge is 0.292 e. The van der Waals surface area contributed by atoms with Crippen molar-refractivity contribution in [3.05, 3.63) is 97.5 Å². The van der Waals surface area contributed by atoms with E-state index in [2.05, 4.69) is 5.32 Å². The zero-order valence-corrected chi connectivity index (χ0v) is 19.3. The van der Waals surface area contributed by atoms with Crippen LogP contribution in [0.5, 0.6) is 11.5 Å². The number of halogens is 2. The first kappa shape index (κ1) is 24.6. The van der Waals surface area contributed by atoms with Gasteiger partial charge >= 0.3 is 0 Å². The molecule has 1 N–H and O–H groups in total. The highest BCUT2D eigenvalue weighted by atomic mass is 35.5. The summed E-state index contributed by atoms with van der Waals surface area (Å²) < 4.78 is 11.2. The molecule has 0 radical (unpaired) electrons. The van der Waals surface area contributed by atoms with Gasteiger partial charge in [-0.1, -0.05) is 47.5 Å². The molecule has 0 aliphatic carbocycles. The second-order valence-corrected chi connectivity index (χ2v) is 7.69. The molecule has 10 heteroatoms. The van der Waals surface area contributed by atoms with Crippen molar-refractivity contribution in [2.45, 2.75) is 6.61 Å². The van der Waals surface area contributed by atoms with Crippen LogP contribution in [0.2, 0.25) is 10.0 Å². The van der Waals surface area contributed by atoms with E-state index in [0.717, 1.165) is 5.56 Å². The van der Waals surface area contributed by atoms with Crippen LogP contribution >= 0.6 is 23.2 Å². The molecule has 0 bridgehead atoms.